The zero-order valence-electron chi connectivity index (χ0n) is 17.7. The summed E-state index contributed by atoms with van der Waals surface area (Å²) in [7, 11) is -3.95. The zero-order chi connectivity index (χ0) is 23.3. The van der Waals surface area contributed by atoms with Crippen molar-refractivity contribution in [3.63, 3.8) is 0 Å². The molecule has 168 valence electrons. The van der Waals surface area contributed by atoms with E-state index in [1.165, 1.54) is 12.1 Å². The van der Waals surface area contributed by atoms with Crippen LogP contribution in [0.5, 0.6) is 5.75 Å². The van der Waals surface area contributed by atoms with Crippen LogP contribution >= 0.6 is 11.6 Å². The van der Waals surface area contributed by atoms with Gasteiger partial charge in [-0.3, -0.25) is 4.79 Å². The molecule has 0 spiro atoms. The summed E-state index contributed by atoms with van der Waals surface area (Å²) in [5, 5.41) is 9.89. The summed E-state index contributed by atoms with van der Waals surface area (Å²) in [6.07, 6.45) is 0. The minimum atomic E-state index is -3.95. The van der Waals surface area contributed by atoms with Crippen LogP contribution in [0.25, 0.3) is 11.1 Å². The first-order chi connectivity index (χ1) is 15.2. The lowest BCUT2D eigenvalue weighted by atomic mass is 10.1. The summed E-state index contributed by atoms with van der Waals surface area (Å²) in [4.78, 5) is 11.3. The quantitative estimate of drug-likeness (QED) is 0.457. The number of carboxylic acids is 1. The molecule has 0 aromatic heterocycles. The standard InChI is InChI=1S/C24H24ClNO5S/c1-16(2)23(24(27)28)26-32(29,30)21-13-9-18(10-14-21)17-7-11-20(12-8-17)31-15-19-5-3-4-6-22(19)25/h3-14,16,23,26H,15H2,1-2H3,(H,27,28). The van der Waals surface area contributed by atoms with Gasteiger partial charge in [-0.15, -0.1) is 0 Å². The van der Waals surface area contributed by atoms with Crippen molar-refractivity contribution in [2.24, 2.45) is 5.92 Å². The molecule has 8 heteroatoms. The van der Waals surface area contributed by atoms with Gasteiger partial charge in [0.2, 0.25) is 10.0 Å². The molecule has 0 bridgehead atoms. The lowest BCUT2D eigenvalue weighted by Crippen LogP contribution is -2.44. The number of aliphatic carboxylic acids is 1. The molecule has 0 aliphatic rings. The van der Waals surface area contributed by atoms with Gasteiger partial charge in [0.15, 0.2) is 0 Å². The van der Waals surface area contributed by atoms with Crippen molar-refractivity contribution < 1.29 is 23.1 Å². The van der Waals surface area contributed by atoms with E-state index in [1.807, 2.05) is 48.5 Å². The van der Waals surface area contributed by atoms with Gasteiger partial charge >= 0.3 is 5.97 Å². The fourth-order valence-electron chi connectivity index (χ4n) is 3.05. The molecule has 3 rings (SSSR count). The molecule has 0 fully saturated rings. The normalized spacial score (nSPS) is 12.5. The number of hydrogen-bond donors (Lipinski definition) is 2. The van der Waals surface area contributed by atoms with Gasteiger partial charge in [0, 0.05) is 10.6 Å². The Bertz CT molecular complexity index is 1180. The van der Waals surface area contributed by atoms with Crippen molar-refractivity contribution in [1.82, 2.24) is 4.72 Å². The second-order valence-corrected chi connectivity index (χ2v) is 9.73. The summed E-state index contributed by atoms with van der Waals surface area (Å²) < 4.78 is 33.1. The molecule has 0 saturated carbocycles. The molecule has 3 aromatic carbocycles. The Hall–Kier alpha value is -2.87. The van der Waals surface area contributed by atoms with E-state index in [0.717, 1.165) is 16.7 Å². The molecule has 1 atom stereocenters. The monoisotopic (exact) mass is 473 g/mol. The Morgan fingerprint density at radius 2 is 1.53 bits per heavy atom. The SMILES string of the molecule is CC(C)C(NS(=O)(=O)c1ccc(-c2ccc(OCc3ccccc3Cl)cc2)cc1)C(=O)O. The van der Waals surface area contributed by atoms with Gasteiger partial charge in [0.25, 0.3) is 0 Å². The second kappa shape index (κ2) is 10.2. The lowest BCUT2D eigenvalue weighted by molar-refractivity contribution is -0.140. The van der Waals surface area contributed by atoms with Crippen LogP contribution in [0.1, 0.15) is 19.4 Å². The highest BCUT2D eigenvalue weighted by molar-refractivity contribution is 7.89. The summed E-state index contributed by atoms with van der Waals surface area (Å²) in [6.45, 7) is 3.64. The molecule has 2 N–H and O–H groups in total. The number of carbonyl (C=O) groups is 1. The molecule has 0 aliphatic carbocycles. The topological polar surface area (TPSA) is 92.7 Å². The molecular weight excluding hydrogens is 450 g/mol. The van der Waals surface area contributed by atoms with Gasteiger partial charge in [0.05, 0.1) is 4.90 Å². The Morgan fingerprint density at radius 3 is 2.06 bits per heavy atom. The van der Waals surface area contributed by atoms with E-state index >= 15 is 0 Å². The third-order valence-electron chi connectivity index (χ3n) is 4.92. The van der Waals surface area contributed by atoms with E-state index < -0.39 is 22.0 Å². The van der Waals surface area contributed by atoms with Crippen molar-refractivity contribution in [3.05, 3.63) is 83.4 Å². The Kier molecular flexibility index (Phi) is 7.56. The van der Waals surface area contributed by atoms with Gasteiger partial charge in [0.1, 0.15) is 18.4 Å². The molecule has 0 amide bonds. The van der Waals surface area contributed by atoms with Crippen molar-refractivity contribution in [3.8, 4) is 16.9 Å². The second-order valence-electron chi connectivity index (χ2n) is 7.61. The maximum atomic E-state index is 12.6. The number of sulfonamides is 1. The molecule has 0 radical (unpaired) electrons. The Morgan fingerprint density at radius 1 is 0.969 bits per heavy atom. The van der Waals surface area contributed by atoms with Gasteiger partial charge in [-0.1, -0.05) is 67.9 Å². The summed E-state index contributed by atoms with van der Waals surface area (Å²) in [5.74, 6) is -0.914. The summed E-state index contributed by atoms with van der Waals surface area (Å²) >= 11 is 6.14. The van der Waals surface area contributed by atoms with Crippen LogP contribution in [0.2, 0.25) is 5.02 Å². The van der Waals surface area contributed by atoms with Crippen LogP contribution in [0.15, 0.2) is 77.7 Å². The van der Waals surface area contributed by atoms with Crippen LogP contribution in [0.4, 0.5) is 0 Å². The minimum absolute atomic E-state index is 0.00726. The van der Waals surface area contributed by atoms with Crippen LogP contribution < -0.4 is 9.46 Å². The number of halogens is 1. The number of benzene rings is 3. The molecule has 0 saturated heterocycles. The highest BCUT2D eigenvalue weighted by atomic mass is 35.5. The first kappa shape index (κ1) is 23.8. The lowest BCUT2D eigenvalue weighted by Gasteiger charge is -2.18. The van der Waals surface area contributed by atoms with Crippen LogP contribution in [0.3, 0.4) is 0 Å². The average molecular weight is 474 g/mol. The Balaban J connectivity index is 1.69. The average Bonchev–Trinajstić information content (AvgIpc) is 2.77. The van der Waals surface area contributed by atoms with Crippen molar-refractivity contribution in [2.75, 3.05) is 0 Å². The highest BCUT2D eigenvalue weighted by Crippen LogP contribution is 2.25. The fraction of sp³-hybridized carbons (Fsp3) is 0.208. The summed E-state index contributed by atoms with van der Waals surface area (Å²) in [6, 6.07) is 20.0. The van der Waals surface area contributed by atoms with E-state index in [1.54, 1.807) is 26.0 Å². The smallest absolute Gasteiger partial charge is 0.322 e. The molecule has 32 heavy (non-hydrogen) atoms. The largest absolute Gasteiger partial charge is 0.489 e. The van der Waals surface area contributed by atoms with E-state index in [9.17, 15) is 18.3 Å². The number of hydrogen-bond acceptors (Lipinski definition) is 4. The number of rotatable bonds is 9. The van der Waals surface area contributed by atoms with Gasteiger partial charge < -0.3 is 9.84 Å². The summed E-state index contributed by atoms with van der Waals surface area (Å²) in [5.41, 5.74) is 2.60. The van der Waals surface area contributed by atoms with Gasteiger partial charge in [-0.2, -0.15) is 4.72 Å². The van der Waals surface area contributed by atoms with Crippen molar-refractivity contribution in [2.45, 2.75) is 31.4 Å². The third-order valence-corrected chi connectivity index (χ3v) is 6.75. The van der Waals surface area contributed by atoms with Crippen LogP contribution in [0, 0.1) is 5.92 Å². The van der Waals surface area contributed by atoms with E-state index in [2.05, 4.69) is 4.72 Å². The van der Waals surface area contributed by atoms with Gasteiger partial charge in [-0.05, 0) is 47.4 Å². The first-order valence-corrected chi connectivity index (χ1v) is 11.9. The molecule has 0 aliphatic heterocycles. The fourth-order valence-corrected chi connectivity index (χ4v) is 4.58. The van der Waals surface area contributed by atoms with Crippen LogP contribution in [-0.2, 0) is 21.4 Å². The molecule has 3 aromatic rings. The maximum Gasteiger partial charge on any atom is 0.322 e. The van der Waals surface area contributed by atoms with E-state index in [-0.39, 0.29) is 10.8 Å². The van der Waals surface area contributed by atoms with Crippen molar-refractivity contribution in [1.29, 1.82) is 0 Å². The van der Waals surface area contributed by atoms with Gasteiger partial charge in [-0.25, -0.2) is 8.42 Å². The van der Waals surface area contributed by atoms with Crippen LogP contribution in [-0.4, -0.2) is 25.5 Å². The predicted octanol–water partition coefficient (Wildman–Crippen LogP) is 4.97. The maximum absolute atomic E-state index is 12.6. The molecule has 6 nitrogen and oxygen atoms in total. The molecule has 0 heterocycles. The molecule has 1 unspecified atom stereocenters. The molecular formula is C24H24ClNO5S. The zero-order valence-corrected chi connectivity index (χ0v) is 19.2. The minimum Gasteiger partial charge on any atom is -0.489 e. The van der Waals surface area contributed by atoms with E-state index in [4.69, 9.17) is 16.3 Å². The third kappa shape index (κ3) is 5.88. The van der Waals surface area contributed by atoms with Crippen molar-refractivity contribution >= 4 is 27.6 Å². The predicted molar refractivity (Wildman–Crippen MR) is 124 cm³/mol. The number of ether oxygens (including phenoxy) is 1. The number of nitrogens with one attached hydrogen (secondary N) is 1. The van der Waals surface area contributed by atoms with E-state index in [0.29, 0.717) is 17.4 Å². The first-order valence-electron chi connectivity index (χ1n) is 9.99. The number of carboxylic acid groups (broad SMARTS) is 1. The Labute approximate surface area is 192 Å². The highest BCUT2D eigenvalue weighted by Gasteiger charge is 2.27.